The second-order valence-corrected chi connectivity index (χ2v) is 17.6. The molecule has 6 heteroatoms. The van der Waals surface area contributed by atoms with E-state index in [1.54, 1.807) is 0 Å². The molecule has 0 aliphatic heterocycles. The predicted molar refractivity (Wildman–Crippen MR) is 297 cm³/mol. The Kier molecular flexibility index (Phi) is 52.1. The number of allylic oxidation sites excluding steroid dienone is 24. The van der Waals surface area contributed by atoms with Gasteiger partial charge in [0.1, 0.15) is 13.2 Å². The van der Waals surface area contributed by atoms with Crippen LogP contribution in [-0.2, 0) is 28.6 Å². The Labute approximate surface area is 423 Å². The molecule has 0 N–H and O–H groups in total. The Morgan fingerprint density at radius 2 is 0.638 bits per heavy atom. The molecule has 69 heavy (non-hydrogen) atoms. The molecule has 0 amide bonds. The highest BCUT2D eigenvalue weighted by Gasteiger charge is 2.19. The average molecular weight is 951 g/mol. The van der Waals surface area contributed by atoms with Gasteiger partial charge in [-0.25, -0.2) is 0 Å². The van der Waals surface area contributed by atoms with E-state index in [9.17, 15) is 14.4 Å². The molecule has 0 aliphatic rings. The number of hydrogen-bond donors (Lipinski definition) is 0. The smallest absolute Gasteiger partial charge is 0.306 e. The summed E-state index contributed by atoms with van der Waals surface area (Å²) < 4.78 is 16.8. The highest BCUT2D eigenvalue weighted by Crippen LogP contribution is 2.12. The maximum Gasteiger partial charge on any atom is 0.306 e. The van der Waals surface area contributed by atoms with Crippen LogP contribution in [0.15, 0.2) is 146 Å². The van der Waals surface area contributed by atoms with Crippen molar-refractivity contribution in [3.05, 3.63) is 146 Å². The van der Waals surface area contributed by atoms with Gasteiger partial charge < -0.3 is 14.2 Å². The Hall–Kier alpha value is -4.71. The normalized spacial score (nSPS) is 13.3. The number of hydrogen-bond acceptors (Lipinski definition) is 6. The number of unbranched alkanes of at least 4 members (excludes halogenated alkanes) is 18. The lowest BCUT2D eigenvalue weighted by molar-refractivity contribution is -0.167. The standard InChI is InChI=1S/C63H98O6/c1-4-7-10-13-16-19-22-25-28-31-33-35-38-41-44-47-50-53-56-62(65)68-59-60(58-67-61(64)55-52-49-46-43-40-37-34-30-27-24-21-18-15-12-9-6-3)69-63(66)57-54-51-48-45-42-39-36-32-29-26-23-20-17-14-11-8-5-2/h8-9,11-12,14,17-18,20-21,23,26-33,35-37,39-40,42,60H,4-7,10,13,15-16,19,22,24-25,34,38,41,43-59H2,1-3H3/b11-8-,12-9-,17-14-,21-18-,23-20-,29-26-,30-27-,31-28-,35-33-,36-32+,40-37-,42-39-. The van der Waals surface area contributed by atoms with Crippen molar-refractivity contribution >= 4 is 17.9 Å². The summed E-state index contributed by atoms with van der Waals surface area (Å²) in [4.78, 5) is 38.1. The Morgan fingerprint density at radius 1 is 0.319 bits per heavy atom. The van der Waals surface area contributed by atoms with Gasteiger partial charge >= 0.3 is 17.9 Å². The molecule has 6 nitrogen and oxygen atoms in total. The molecule has 0 heterocycles. The highest BCUT2D eigenvalue weighted by molar-refractivity contribution is 5.71. The van der Waals surface area contributed by atoms with Gasteiger partial charge in [-0.05, 0) is 103 Å². The predicted octanol–water partition coefficient (Wildman–Crippen LogP) is 18.4. The molecule has 0 aromatic carbocycles. The molecule has 0 saturated carbocycles. The molecule has 386 valence electrons. The lowest BCUT2D eigenvalue weighted by Gasteiger charge is -2.18. The van der Waals surface area contributed by atoms with Crippen LogP contribution in [0.4, 0.5) is 0 Å². The van der Waals surface area contributed by atoms with Crippen LogP contribution in [-0.4, -0.2) is 37.2 Å². The van der Waals surface area contributed by atoms with Gasteiger partial charge in [0.05, 0.1) is 0 Å². The summed E-state index contributed by atoms with van der Waals surface area (Å²) >= 11 is 0. The topological polar surface area (TPSA) is 78.9 Å². The van der Waals surface area contributed by atoms with Gasteiger partial charge in [-0.1, -0.05) is 237 Å². The van der Waals surface area contributed by atoms with Crippen molar-refractivity contribution < 1.29 is 28.6 Å². The third-order valence-corrected chi connectivity index (χ3v) is 11.0. The molecule has 1 atom stereocenters. The van der Waals surface area contributed by atoms with Crippen LogP contribution < -0.4 is 0 Å². The van der Waals surface area contributed by atoms with E-state index >= 15 is 0 Å². The van der Waals surface area contributed by atoms with Crippen molar-refractivity contribution in [2.75, 3.05) is 13.2 Å². The quantitative estimate of drug-likeness (QED) is 0.0199. The van der Waals surface area contributed by atoms with Crippen LogP contribution in [0, 0.1) is 0 Å². The first-order valence-electron chi connectivity index (χ1n) is 27.4. The van der Waals surface area contributed by atoms with Crippen molar-refractivity contribution in [1.29, 1.82) is 0 Å². The minimum atomic E-state index is -0.828. The molecule has 0 rings (SSSR count). The number of ether oxygens (including phenoxy) is 3. The fourth-order valence-electron chi connectivity index (χ4n) is 6.92. The van der Waals surface area contributed by atoms with Gasteiger partial charge in [0.15, 0.2) is 6.10 Å². The zero-order valence-electron chi connectivity index (χ0n) is 44.0. The van der Waals surface area contributed by atoms with Crippen LogP contribution in [0.25, 0.3) is 0 Å². The van der Waals surface area contributed by atoms with Gasteiger partial charge in [0.25, 0.3) is 0 Å². The third-order valence-electron chi connectivity index (χ3n) is 11.0. The van der Waals surface area contributed by atoms with E-state index < -0.39 is 6.10 Å². The molecule has 1 unspecified atom stereocenters. The van der Waals surface area contributed by atoms with Gasteiger partial charge in [0, 0.05) is 19.3 Å². The lowest BCUT2D eigenvalue weighted by Crippen LogP contribution is -2.30. The van der Waals surface area contributed by atoms with Crippen LogP contribution in [0.2, 0.25) is 0 Å². The maximum absolute atomic E-state index is 12.8. The summed E-state index contributed by atoms with van der Waals surface area (Å²) in [5.41, 5.74) is 0. The minimum Gasteiger partial charge on any atom is -0.462 e. The maximum atomic E-state index is 12.8. The lowest BCUT2D eigenvalue weighted by atomic mass is 10.1. The van der Waals surface area contributed by atoms with E-state index in [1.165, 1.54) is 51.4 Å². The molecular formula is C63H98O6. The van der Waals surface area contributed by atoms with Crippen molar-refractivity contribution in [1.82, 2.24) is 0 Å². The fraction of sp³-hybridized carbons (Fsp3) is 0.571. The summed E-state index contributed by atoms with van der Waals surface area (Å²) in [5.74, 6) is -1.02. The number of esters is 3. The van der Waals surface area contributed by atoms with E-state index in [2.05, 4.69) is 106 Å². The molecule has 0 radical (unpaired) electrons. The van der Waals surface area contributed by atoms with Crippen molar-refractivity contribution in [2.24, 2.45) is 0 Å². The monoisotopic (exact) mass is 951 g/mol. The van der Waals surface area contributed by atoms with E-state index in [1.807, 2.05) is 60.8 Å². The first-order chi connectivity index (χ1) is 34.0. The van der Waals surface area contributed by atoms with Gasteiger partial charge in [-0.15, -0.1) is 0 Å². The van der Waals surface area contributed by atoms with Gasteiger partial charge in [0.2, 0.25) is 0 Å². The molecular weight excluding hydrogens is 853 g/mol. The molecule has 0 saturated heterocycles. The summed E-state index contributed by atoms with van der Waals surface area (Å²) in [5, 5.41) is 0. The van der Waals surface area contributed by atoms with Crippen LogP contribution in [0.5, 0.6) is 0 Å². The zero-order chi connectivity index (χ0) is 50.0. The van der Waals surface area contributed by atoms with Gasteiger partial charge in [-0.2, -0.15) is 0 Å². The molecule has 0 bridgehead atoms. The second-order valence-electron chi connectivity index (χ2n) is 17.6. The third kappa shape index (κ3) is 54.1. The SMILES string of the molecule is CC\C=C/C=C\C=C/C=C\C=C\C=C/CCCCCC(=O)OC(COC(=O)CCCCC/C=C\C/C=C\C/C=C\C/C=C\CC)COC(=O)CCCCCCC/C=C\C=C/CCCCCCCCC. The van der Waals surface area contributed by atoms with E-state index in [0.717, 1.165) is 116 Å². The molecule has 0 aromatic heterocycles. The van der Waals surface area contributed by atoms with Crippen molar-refractivity contribution in [3.8, 4) is 0 Å². The molecule has 0 aliphatic carbocycles. The van der Waals surface area contributed by atoms with E-state index in [0.29, 0.717) is 19.3 Å². The van der Waals surface area contributed by atoms with Gasteiger partial charge in [-0.3, -0.25) is 14.4 Å². The first-order valence-corrected chi connectivity index (χ1v) is 27.4. The molecule has 0 spiro atoms. The second kappa shape index (κ2) is 55.9. The number of rotatable bonds is 47. The molecule has 0 aromatic rings. The number of carbonyl (C=O) groups is 3. The van der Waals surface area contributed by atoms with Crippen molar-refractivity contribution in [2.45, 2.75) is 219 Å². The summed E-state index contributed by atoms with van der Waals surface area (Å²) in [6, 6.07) is 0. The van der Waals surface area contributed by atoms with Crippen LogP contribution in [0.1, 0.15) is 213 Å². The van der Waals surface area contributed by atoms with Crippen LogP contribution >= 0.6 is 0 Å². The average Bonchev–Trinajstić information content (AvgIpc) is 3.35. The largest absolute Gasteiger partial charge is 0.462 e. The molecule has 0 fully saturated rings. The zero-order valence-corrected chi connectivity index (χ0v) is 44.0. The summed E-state index contributed by atoms with van der Waals surface area (Å²) in [6.45, 7) is 6.28. The first kappa shape index (κ1) is 64.3. The fourth-order valence-corrected chi connectivity index (χ4v) is 6.92. The Balaban J connectivity index is 4.59. The minimum absolute atomic E-state index is 0.121. The summed E-state index contributed by atoms with van der Waals surface area (Å²) in [7, 11) is 0. The Morgan fingerprint density at radius 3 is 1.09 bits per heavy atom. The van der Waals surface area contributed by atoms with E-state index in [-0.39, 0.29) is 37.5 Å². The number of carbonyl (C=O) groups excluding carboxylic acids is 3. The Bertz CT molecular complexity index is 1560. The van der Waals surface area contributed by atoms with E-state index in [4.69, 9.17) is 14.2 Å². The highest BCUT2D eigenvalue weighted by atomic mass is 16.6. The van der Waals surface area contributed by atoms with Crippen molar-refractivity contribution in [3.63, 3.8) is 0 Å². The van der Waals surface area contributed by atoms with Crippen LogP contribution in [0.3, 0.4) is 0 Å². The summed E-state index contributed by atoms with van der Waals surface area (Å²) in [6.07, 6.45) is 79.7.